The molecule has 106 valence electrons. The lowest BCUT2D eigenvalue weighted by Crippen LogP contribution is -2.02. The standard InChI is InChI=1S/C17H16N2OS/c1-18-11-16-12-19-17(21-16)13-6-5-9-15(10-13)20-14-7-3-2-4-8-14/h2-10,12,18H,11H2,1H3. The topological polar surface area (TPSA) is 34.2 Å². The van der Waals surface area contributed by atoms with E-state index in [4.69, 9.17) is 4.74 Å². The van der Waals surface area contributed by atoms with Gasteiger partial charge in [0.25, 0.3) is 0 Å². The van der Waals surface area contributed by atoms with Crippen LogP contribution in [0.3, 0.4) is 0 Å². The number of benzene rings is 2. The van der Waals surface area contributed by atoms with E-state index in [0.717, 1.165) is 28.6 Å². The molecule has 0 amide bonds. The van der Waals surface area contributed by atoms with E-state index in [2.05, 4.69) is 16.4 Å². The minimum atomic E-state index is 0.823. The Hall–Kier alpha value is -2.17. The average Bonchev–Trinajstić information content (AvgIpc) is 2.98. The van der Waals surface area contributed by atoms with Gasteiger partial charge in [-0.1, -0.05) is 30.3 Å². The van der Waals surface area contributed by atoms with Crippen molar-refractivity contribution in [2.45, 2.75) is 6.54 Å². The molecule has 1 aromatic heterocycles. The molecule has 0 atom stereocenters. The zero-order chi connectivity index (χ0) is 14.5. The molecule has 21 heavy (non-hydrogen) atoms. The quantitative estimate of drug-likeness (QED) is 0.761. The van der Waals surface area contributed by atoms with Gasteiger partial charge in [0, 0.05) is 23.2 Å². The maximum atomic E-state index is 5.86. The number of rotatable bonds is 5. The number of aromatic nitrogens is 1. The molecule has 0 radical (unpaired) electrons. The fourth-order valence-corrected chi connectivity index (χ4v) is 2.93. The Morgan fingerprint density at radius 1 is 1.05 bits per heavy atom. The highest BCUT2D eigenvalue weighted by molar-refractivity contribution is 7.15. The number of ether oxygens (including phenoxy) is 1. The predicted octanol–water partition coefficient (Wildman–Crippen LogP) is 4.32. The molecule has 0 saturated heterocycles. The Bertz CT molecular complexity index is 710. The largest absolute Gasteiger partial charge is 0.457 e. The highest BCUT2D eigenvalue weighted by Crippen LogP contribution is 2.29. The van der Waals surface area contributed by atoms with E-state index in [1.165, 1.54) is 4.88 Å². The summed E-state index contributed by atoms with van der Waals surface area (Å²) >= 11 is 1.70. The molecule has 0 saturated carbocycles. The van der Waals surface area contributed by atoms with Gasteiger partial charge in [-0.3, -0.25) is 0 Å². The summed E-state index contributed by atoms with van der Waals surface area (Å²) in [6, 6.07) is 17.8. The second-order valence-electron chi connectivity index (χ2n) is 4.61. The van der Waals surface area contributed by atoms with Crippen LogP contribution in [0, 0.1) is 0 Å². The third-order valence-electron chi connectivity index (χ3n) is 2.96. The van der Waals surface area contributed by atoms with Gasteiger partial charge < -0.3 is 10.1 Å². The molecule has 0 fully saturated rings. The van der Waals surface area contributed by atoms with Gasteiger partial charge in [-0.05, 0) is 31.3 Å². The Kier molecular flexibility index (Phi) is 4.28. The van der Waals surface area contributed by atoms with Crippen LogP contribution in [0.4, 0.5) is 0 Å². The zero-order valence-electron chi connectivity index (χ0n) is 11.7. The van der Waals surface area contributed by atoms with Gasteiger partial charge in [-0.2, -0.15) is 0 Å². The predicted molar refractivity (Wildman–Crippen MR) is 86.8 cm³/mol. The summed E-state index contributed by atoms with van der Waals surface area (Å²) in [7, 11) is 1.94. The van der Waals surface area contributed by atoms with Crippen molar-refractivity contribution in [2.24, 2.45) is 0 Å². The fraction of sp³-hybridized carbons (Fsp3) is 0.118. The highest BCUT2D eigenvalue weighted by atomic mass is 32.1. The van der Waals surface area contributed by atoms with Gasteiger partial charge in [0.15, 0.2) is 0 Å². The molecule has 0 aliphatic carbocycles. The molecule has 1 heterocycles. The van der Waals surface area contributed by atoms with Crippen LogP contribution < -0.4 is 10.1 Å². The fourth-order valence-electron chi connectivity index (χ4n) is 2.01. The van der Waals surface area contributed by atoms with E-state index in [1.54, 1.807) is 11.3 Å². The van der Waals surface area contributed by atoms with Crippen LogP contribution in [0.25, 0.3) is 10.6 Å². The van der Waals surface area contributed by atoms with E-state index < -0.39 is 0 Å². The van der Waals surface area contributed by atoms with E-state index in [0.29, 0.717) is 0 Å². The summed E-state index contributed by atoms with van der Waals surface area (Å²) < 4.78 is 5.86. The summed E-state index contributed by atoms with van der Waals surface area (Å²) in [4.78, 5) is 5.70. The van der Waals surface area contributed by atoms with Crippen LogP contribution in [0.2, 0.25) is 0 Å². The van der Waals surface area contributed by atoms with Crippen molar-refractivity contribution >= 4 is 11.3 Å². The molecule has 3 nitrogen and oxygen atoms in total. The van der Waals surface area contributed by atoms with Gasteiger partial charge in [-0.25, -0.2) is 4.98 Å². The van der Waals surface area contributed by atoms with Crippen LogP contribution in [-0.2, 0) is 6.54 Å². The van der Waals surface area contributed by atoms with E-state index in [-0.39, 0.29) is 0 Å². The SMILES string of the molecule is CNCc1cnc(-c2cccc(Oc3ccccc3)c2)s1. The summed E-state index contributed by atoms with van der Waals surface area (Å²) in [5.74, 6) is 1.66. The molecule has 4 heteroatoms. The zero-order valence-corrected chi connectivity index (χ0v) is 12.6. The van der Waals surface area contributed by atoms with Crippen LogP contribution in [0.5, 0.6) is 11.5 Å². The van der Waals surface area contributed by atoms with Gasteiger partial charge in [0.05, 0.1) is 0 Å². The number of nitrogens with one attached hydrogen (secondary N) is 1. The maximum Gasteiger partial charge on any atom is 0.128 e. The molecule has 0 spiro atoms. The highest BCUT2D eigenvalue weighted by Gasteiger charge is 2.06. The number of hydrogen-bond donors (Lipinski definition) is 1. The van der Waals surface area contributed by atoms with Crippen molar-refractivity contribution in [1.29, 1.82) is 0 Å². The first-order valence-electron chi connectivity index (χ1n) is 6.78. The lowest BCUT2D eigenvalue weighted by atomic mass is 10.2. The van der Waals surface area contributed by atoms with Crippen LogP contribution in [0.1, 0.15) is 4.88 Å². The third-order valence-corrected chi connectivity index (χ3v) is 4.01. The number of para-hydroxylation sites is 1. The average molecular weight is 296 g/mol. The Morgan fingerprint density at radius 2 is 1.86 bits per heavy atom. The minimum Gasteiger partial charge on any atom is -0.457 e. The van der Waals surface area contributed by atoms with Crippen molar-refractivity contribution in [3.05, 3.63) is 65.7 Å². The normalized spacial score (nSPS) is 10.5. The summed E-state index contributed by atoms with van der Waals surface area (Å²) in [6.45, 7) is 0.845. The van der Waals surface area contributed by atoms with E-state index in [9.17, 15) is 0 Å². The molecule has 0 aliphatic heterocycles. The first kappa shape index (κ1) is 13.8. The molecule has 0 unspecified atom stereocenters. The smallest absolute Gasteiger partial charge is 0.128 e. The van der Waals surface area contributed by atoms with E-state index >= 15 is 0 Å². The van der Waals surface area contributed by atoms with Crippen LogP contribution in [-0.4, -0.2) is 12.0 Å². The molecule has 0 bridgehead atoms. The van der Waals surface area contributed by atoms with Crippen molar-refractivity contribution < 1.29 is 4.74 Å². The molecular formula is C17H16N2OS. The lowest BCUT2D eigenvalue weighted by molar-refractivity contribution is 0.483. The third kappa shape index (κ3) is 3.48. The molecule has 2 aromatic carbocycles. The summed E-state index contributed by atoms with van der Waals surface area (Å²) in [5, 5.41) is 4.15. The lowest BCUT2D eigenvalue weighted by Gasteiger charge is -2.06. The van der Waals surface area contributed by atoms with Crippen LogP contribution in [0.15, 0.2) is 60.8 Å². The molecule has 3 rings (SSSR count). The number of nitrogens with zero attached hydrogens (tertiary/aromatic N) is 1. The first-order chi connectivity index (χ1) is 10.3. The molecule has 3 aromatic rings. The van der Waals surface area contributed by atoms with Crippen molar-refractivity contribution in [1.82, 2.24) is 10.3 Å². The van der Waals surface area contributed by atoms with Gasteiger partial charge in [0.1, 0.15) is 16.5 Å². The monoisotopic (exact) mass is 296 g/mol. The maximum absolute atomic E-state index is 5.86. The van der Waals surface area contributed by atoms with Gasteiger partial charge in [-0.15, -0.1) is 11.3 Å². The molecule has 1 N–H and O–H groups in total. The molecular weight excluding hydrogens is 280 g/mol. The molecule has 0 aliphatic rings. The first-order valence-corrected chi connectivity index (χ1v) is 7.59. The summed E-state index contributed by atoms with van der Waals surface area (Å²) in [6.07, 6.45) is 1.92. The van der Waals surface area contributed by atoms with Crippen LogP contribution >= 0.6 is 11.3 Å². The Morgan fingerprint density at radius 3 is 2.67 bits per heavy atom. The van der Waals surface area contributed by atoms with Crippen molar-refractivity contribution in [3.63, 3.8) is 0 Å². The number of thiazole rings is 1. The second-order valence-corrected chi connectivity index (χ2v) is 5.72. The summed E-state index contributed by atoms with van der Waals surface area (Å²) in [5.41, 5.74) is 1.08. The minimum absolute atomic E-state index is 0.823. The van der Waals surface area contributed by atoms with Gasteiger partial charge in [0.2, 0.25) is 0 Å². The Labute approximate surface area is 128 Å². The van der Waals surface area contributed by atoms with Crippen molar-refractivity contribution in [2.75, 3.05) is 7.05 Å². The van der Waals surface area contributed by atoms with E-state index in [1.807, 2.05) is 61.8 Å². The second kappa shape index (κ2) is 6.52. The van der Waals surface area contributed by atoms with Crippen molar-refractivity contribution in [3.8, 4) is 22.1 Å². The van der Waals surface area contributed by atoms with Gasteiger partial charge >= 0.3 is 0 Å². The Balaban J connectivity index is 1.82. The number of hydrogen-bond acceptors (Lipinski definition) is 4.